The molecular formula is C16H17N3O4. The first-order valence-electron chi connectivity index (χ1n) is 7.29. The van der Waals surface area contributed by atoms with E-state index in [1.807, 2.05) is 17.0 Å². The van der Waals surface area contributed by atoms with Gasteiger partial charge in [0.2, 0.25) is 17.5 Å². The second-order valence-corrected chi connectivity index (χ2v) is 4.94. The van der Waals surface area contributed by atoms with Crippen LogP contribution in [0, 0.1) is 11.3 Å². The molecular weight excluding hydrogens is 298 g/mol. The largest absolute Gasteiger partial charge is 0.497 e. The third-order valence-electron chi connectivity index (χ3n) is 3.48. The van der Waals surface area contributed by atoms with Crippen LogP contribution in [-0.2, 0) is 11.3 Å². The Balaban J connectivity index is 1.68. The van der Waals surface area contributed by atoms with Gasteiger partial charge in [-0.15, -0.1) is 0 Å². The molecule has 0 bridgehead atoms. The zero-order chi connectivity index (χ0) is 16.1. The highest BCUT2D eigenvalue weighted by molar-refractivity contribution is 5.48. The van der Waals surface area contributed by atoms with Crippen molar-refractivity contribution in [2.24, 2.45) is 0 Å². The summed E-state index contributed by atoms with van der Waals surface area (Å²) in [5.41, 5.74) is 0.278. The number of methoxy groups -OCH3 is 1. The number of morpholine rings is 1. The number of hydrogen-bond acceptors (Lipinski definition) is 7. The number of nitriles is 1. The maximum absolute atomic E-state index is 9.22. The molecule has 7 heteroatoms. The summed E-state index contributed by atoms with van der Waals surface area (Å²) in [6, 6.07) is 9.29. The highest BCUT2D eigenvalue weighted by Gasteiger charge is 2.21. The van der Waals surface area contributed by atoms with E-state index in [1.165, 1.54) is 0 Å². The van der Waals surface area contributed by atoms with Crippen LogP contribution in [0.2, 0.25) is 0 Å². The molecule has 0 spiro atoms. The number of benzene rings is 1. The summed E-state index contributed by atoms with van der Waals surface area (Å²) in [6.07, 6.45) is 0. The molecule has 0 unspecified atom stereocenters. The molecule has 2 heterocycles. The molecule has 2 aromatic rings. The van der Waals surface area contributed by atoms with Crippen molar-refractivity contribution in [3.05, 3.63) is 35.9 Å². The fourth-order valence-corrected chi connectivity index (χ4v) is 2.29. The van der Waals surface area contributed by atoms with E-state index in [9.17, 15) is 5.26 Å². The van der Waals surface area contributed by atoms with Crippen LogP contribution in [0.3, 0.4) is 0 Å². The second-order valence-electron chi connectivity index (χ2n) is 4.94. The minimum atomic E-state index is 0.158. The maximum Gasteiger partial charge on any atom is 0.236 e. The van der Waals surface area contributed by atoms with Gasteiger partial charge in [0.15, 0.2) is 6.61 Å². The Morgan fingerprint density at radius 2 is 1.91 bits per heavy atom. The highest BCUT2D eigenvalue weighted by atomic mass is 16.5. The first kappa shape index (κ1) is 15.2. The SMILES string of the molecule is COc1ccc(OCc2nc(C#N)c(N3CCOCC3)o2)cc1. The smallest absolute Gasteiger partial charge is 0.236 e. The summed E-state index contributed by atoms with van der Waals surface area (Å²) in [5, 5.41) is 9.22. The van der Waals surface area contributed by atoms with E-state index < -0.39 is 0 Å². The number of oxazole rings is 1. The molecule has 1 aromatic heterocycles. The molecule has 1 aliphatic heterocycles. The molecule has 0 atom stereocenters. The summed E-state index contributed by atoms with van der Waals surface area (Å²) in [5.74, 6) is 2.30. The molecule has 1 aromatic carbocycles. The molecule has 1 fully saturated rings. The maximum atomic E-state index is 9.22. The van der Waals surface area contributed by atoms with Crippen LogP contribution in [0.25, 0.3) is 0 Å². The van der Waals surface area contributed by atoms with Gasteiger partial charge in [-0.3, -0.25) is 0 Å². The van der Waals surface area contributed by atoms with Gasteiger partial charge in [-0.2, -0.15) is 10.2 Å². The van der Waals surface area contributed by atoms with E-state index in [2.05, 4.69) is 11.1 Å². The molecule has 0 aliphatic carbocycles. The molecule has 0 saturated carbocycles. The first-order valence-corrected chi connectivity index (χ1v) is 7.29. The average molecular weight is 315 g/mol. The zero-order valence-electron chi connectivity index (χ0n) is 12.8. The molecule has 0 amide bonds. The van der Waals surface area contributed by atoms with Gasteiger partial charge in [0, 0.05) is 13.1 Å². The van der Waals surface area contributed by atoms with Gasteiger partial charge in [0.25, 0.3) is 0 Å². The van der Waals surface area contributed by atoms with Crippen molar-refractivity contribution < 1.29 is 18.6 Å². The summed E-state index contributed by atoms with van der Waals surface area (Å²) in [7, 11) is 1.61. The summed E-state index contributed by atoms with van der Waals surface area (Å²) in [4.78, 5) is 6.16. The van der Waals surface area contributed by atoms with E-state index in [0.29, 0.717) is 43.8 Å². The first-order chi connectivity index (χ1) is 11.3. The molecule has 1 saturated heterocycles. The third-order valence-corrected chi connectivity index (χ3v) is 3.48. The number of ether oxygens (including phenoxy) is 3. The average Bonchev–Trinajstić information content (AvgIpc) is 3.04. The van der Waals surface area contributed by atoms with Gasteiger partial charge >= 0.3 is 0 Å². The molecule has 0 radical (unpaired) electrons. The van der Waals surface area contributed by atoms with Crippen LogP contribution < -0.4 is 14.4 Å². The fourth-order valence-electron chi connectivity index (χ4n) is 2.29. The fraction of sp³-hybridized carbons (Fsp3) is 0.375. The molecule has 3 rings (SSSR count). The Kier molecular flexibility index (Phi) is 4.64. The second kappa shape index (κ2) is 7.03. The number of hydrogen-bond donors (Lipinski definition) is 0. The topological polar surface area (TPSA) is 80.8 Å². The van der Waals surface area contributed by atoms with Crippen LogP contribution >= 0.6 is 0 Å². The van der Waals surface area contributed by atoms with E-state index in [4.69, 9.17) is 18.6 Å². The zero-order valence-corrected chi connectivity index (χ0v) is 12.8. The van der Waals surface area contributed by atoms with Crippen LogP contribution in [0.1, 0.15) is 11.6 Å². The van der Waals surface area contributed by atoms with Gasteiger partial charge in [0.1, 0.15) is 17.6 Å². The lowest BCUT2D eigenvalue weighted by Gasteiger charge is -2.25. The number of anilines is 1. The number of rotatable bonds is 5. The van der Waals surface area contributed by atoms with Crippen molar-refractivity contribution in [1.82, 2.24) is 4.98 Å². The highest BCUT2D eigenvalue weighted by Crippen LogP contribution is 2.24. The predicted molar refractivity (Wildman–Crippen MR) is 81.6 cm³/mol. The van der Waals surface area contributed by atoms with E-state index in [0.717, 1.165) is 5.75 Å². The number of aromatic nitrogens is 1. The Labute approximate surface area is 134 Å². The van der Waals surface area contributed by atoms with Gasteiger partial charge in [-0.25, -0.2) is 0 Å². The molecule has 120 valence electrons. The Morgan fingerprint density at radius 3 is 2.57 bits per heavy atom. The van der Waals surface area contributed by atoms with E-state index in [-0.39, 0.29) is 12.3 Å². The molecule has 1 aliphatic rings. The molecule has 23 heavy (non-hydrogen) atoms. The van der Waals surface area contributed by atoms with E-state index in [1.54, 1.807) is 19.2 Å². The summed E-state index contributed by atoms with van der Waals surface area (Å²) >= 11 is 0. The van der Waals surface area contributed by atoms with Crippen LogP contribution in [0.5, 0.6) is 11.5 Å². The quantitative estimate of drug-likeness (QED) is 0.834. The Morgan fingerprint density at radius 1 is 1.22 bits per heavy atom. The molecule has 0 N–H and O–H groups in total. The van der Waals surface area contributed by atoms with Crippen molar-refractivity contribution in [3.8, 4) is 17.6 Å². The summed E-state index contributed by atoms with van der Waals surface area (Å²) < 4.78 is 21.7. The molecule has 7 nitrogen and oxygen atoms in total. The van der Waals surface area contributed by atoms with Crippen molar-refractivity contribution >= 4 is 5.88 Å². The normalized spacial score (nSPS) is 14.3. The number of nitrogens with zero attached hydrogens (tertiary/aromatic N) is 3. The standard InChI is InChI=1S/C16H17N3O4/c1-20-12-2-4-13(5-3-12)22-11-15-18-14(10-17)16(23-15)19-6-8-21-9-7-19/h2-5H,6-9,11H2,1H3. The van der Waals surface area contributed by atoms with Crippen molar-refractivity contribution in [2.75, 3.05) is 38.3 Å². The van der Waals surface area contributed by atoms with Crippen molar-refractivity contribution in [3.63, 3.8) is 0 Å². The Bertz CT molecular complexity index is 684. The van der Waals surface area contributed by atoms with Gasteiger partial charge in [-0.05, 0) is 24.3 Å². The van der Waals surface area contributed by atoms with Gasteiger partial charge < -0.3 is 23.5 Å². The predicted octanol–water partition coefficient (Wildman–Crippen LogP) is 1.97. The van der Waals surface area contributed by atoms with Crippen LogP contribution in [0.4, 0.5) is 5.88 Å². The summed E-state index contributed by atoms with van der Waals surface area (Å²) in [6.45, 7) is 2.75. The van der Waals surface area contributed by atoms with Crippen molar-refractivity contribution in [1.29, 1.82) is 5.26 Å². The van der Waals surface area contributed by atoms with Crippen LogP contribution in [-0.4, -0.2) is 38.4 Å². The minimum absolute atomic E-state index is 0.158. The minimum Gasteiger partial charge on any atom is -0.497 e. The van der Waals surface area contributed by atoms with Crippen molar-refractivity contribution in [2.45, 2.75) is 6.61 Å². The lowest BCUT2D eigenvalue weighted by Crippen LogP contribution is -2.36. The third kappa shape index (κ3) is 3.55. The lowest BCUT2D eigenvalue weighted by molar-refractivity contribution is 0.120. The van der Waals surface area contributed by atoms with Gasteiger partial charge in [-0.1, -0.05) is 0 Å². The van der Waals surface area contributed by atoms with Crippen LogP contribution in [0.15, 0.2) is 28.7 Å². The lowest BCUT2D eigenvalue weighted by atomic mass is 10.3. The monoisotopic (exact) mass is 315 g/mol. The van der Waals surface area contributed by atoms with E-state index >= 15 is 0 Å². The van der Waals surface area contributed by atoms with Gasteiger partial charge in [0.05, 0.1) is 20.3 Å². The Hall–Kier alpha value is -2.72.